The molecule has 0 aliphatic rings. The topological polar surface area (TPSA) is 65.1 Å². The maximum atomic E-state index is 12.1. The van der Waals surface area contributed by atoms with Crippen molar-refractivity contribution in [2.75, 3.05) is 0 Å². The maximum Gasteiger partial charge on any atom is 0.347 e. The first-order valence-corrected chi connectivity index (χ1v) is 6.37. The normalized spacial score (nSPS) is 11.3. The van der Waals surface area contributed by atoms with E-state index in [2.05, 4.69) is 5.10 Å². The third-order valence-corrected chi connectivity index (χ3v) is 3.06. The standard InChI is InChI=1S/C16H12N2O3/c1-18-10-11(9-17-18)6-7-14(19)13-8-12-4-2-3-5-15(12)21-16(13)20/h2-10H,1H3/b7-6+. The molecule has 0 bridgehead atoms. The lowest BCUT2D eigenvalue weighted by Crippen LogP contribution is -2.11. The summed E-state index contributed by atoms with van der Waals surface area (Å²) >= 11 is 0. The summed E-state index contributed by atoms with van der Waals surface area (Å²) in [5.74, 6) is -0.390. The van der Waals surface area contributed by atoms with Crippen molar-refractivity contribution in [3.8, 4) is 0 Å². The van der Waals surface area contributed by atoms with Crippen LogP contribution in [-0.2, 0) is 7.05 Å². The summed E-state index contributed by atoms with van der Waals surface area (Å²) < 4.78 is 6.78. The molecule has 0 radical (unpaired) electrons. The van der Waals surface area contributed by atoms with Gasteiger partial charge in [0.1, 0.15) is 11.1 Å². The number of nitrogens with zero attached hydrogens (tertiary/aromatic N) is 2. The van der Waals surface area contributed by atoms with E-state index in [-0.39, 0.29) is 5.56 Å². The van der Waals surface area contributed by atoms with E-state index in [0.717, 1.165) is 10.9 Å². The molecule has 5 heteroatoms. The zero-order valence-corrected chi connectivity index (χ0v) is 11.3. The predicted octanol–water partition coefficient (Wildman–Crippen LogP) is 2.42. The Labute approximate surface area is 120 Å². The molecule has 0 fully saturated rings. The van der Waals surface area contributed by atoms with Gasteiger partial charge in [-0.1, -0.05) is 18.2 Å². The second-order valence-corrected chi connectivity index (χ2v) is 4.63. The molecule has 1 aromatic carbocycles. The Bertz CT molecular complexity index is 903. The summed E-state index contributed by atoms with van der Waals surface area (Å²) in [6.45, 7) is 0. The zero-order valence-electron chi connectivity index (χ0n) is 11.3. The number of rotatable bonds is 3. The number of hydrogen-bond acceptors (Lipinski definition) is 4. The third-order valence-electron chi connectivity index (χ3n) is 3.06. The Hall–Kier alpha value is -2.95. The van der Waals surface area contributed by atoms with Gasteiger partial charge in [-0.15, -0.1) is 0 Å². The Kier molecular flexibility index (Phi) is 3.23. The molecule has 2 heterocycles. The quantitative estimate of drug-likeness (QED) is 0.420. The van der Waals surface area contributed by atoms with E-state index >= 15 is 0 Å². The maximum absolute atomic E-state index is 12.1. The van der Waals surface area contributed by atoms with Crippen molar-refractivity contribution >= 4 is 22.8 Å². The fraction of sp³-hybridized carbons (Fsp3) is 0.0625. The number of fused-ring (bicyclic) bond motifs is 1. The highest BCUT2D eigenvalue weighted by atomic mass is 16.4. The molecule has 3 aromatic rings. The van der Waals surface area contributed by atoms with E-state index in [9.17, 15) is 9.59 Å². The third kappa shape index (κ3) is 2.67. The number of carbonyl (C=O) groups is 1. The number of para-hydroxylation sites is 1. The lowest BCUT2D eigenvalue weighted by Gasteiger charge is -1.98. The number of carbonyl (C=O) groups excluding carboxylic acids is 1. The van der Waals surface area contributed by atoms with Crippen molar-refractivity contribution < 1.29 is 9.21 Å². The van der Waals surface area contributed by atoms with Crippen LogP contribution < -0.4 is 5.63 Å². The molecule has 21 heavy (non-hydrogen) atoms. The fourth-order valence-corrected chi connectivity index (χ4v) is 2.02. The van der Waals surface area contributed by atoms with Crippen molar-refractivity contribution in [2.45, 2.75) is 0 Å². The summed E-state index contributed by atoms with van der Waals surface area (Å²) in [4.78, 5) is 24.0. The second-order valence-electron chi connectivity index (χ2n) is 4.63. The van der Waals surface area contributed by atoms with E-state index in [1.54, 1.807) is 54.5 Å². The summed E-state index contributed by atoms with van der Waals surface area (Å²) in [6.07, 6.45) is 6.36. The number of hydrogen-bond donors (Lipinski definition) is 0. The molecule has 2 aromatic heterocycles. The summed E-state index contributed by atoms with van der Waals surface area (Å²) in [5.41, 5.74) is 0.648. The lowest BCUT2D eigenvalue weighted by atomic mass is 10.1. The van der Waals surface area contributed by atoms with Gasteiger partial charge in [0.15, 0.2) is 5.78 Å². The molecule has 0 N–H and O–H groups in total. The van der Waals surface area contributed by atoms with E-state index in [4.69, 9.17) is 4.42 Å². The van der Waals surface area contributed by atoms with Gasteiger partial charge in [0, 0.05) is 24.2 Å². The molecule has 0 unspecified atom stereocenters. The average molecular weight is 280 g/mol. The SMILES string of the molecule is Cn1cc(/C=C/C(=O)c2cc3ccccc3oc2=O)cn1. The minimum atomic E-state index is -0.630. The highest BCUT2D eigenvalue weighted by Gasteiger charge is 2.10. The second kappa shape index (κ2) is 5.20. The van der Waals surface area contributed by atoms with Gasteiger partial charge < -0.3 is 4.42 Å². The van der Waals surface area contributed by atoms with Gasteiger partial charge in [-0.25, -0.2) is 4.79 Å². The molecule has 0 amide bonds. The van der Waals surface area contributed by atoms with Gasteiger partial charge in [-0.3, -0.25) is 9.48 Å². The molecular formula is C16H12N2O3. The monoisotopic (exact) mass is 280 g/mol. The van der Waals surface area contributed by atoms with E-state index in [1.165, 1.54) is 6.08 Å². The molecule has 3 rings (SSSR count). The lowest BCUT2D eigenvalue weighted by molar-refractivity contribution is 0.104. The van der Waals surface area contributed by atoms with Crippen LogP contribution in [0.25, 0.3) is 17.0 Å². The molecule has 5 nitrogen and oxygen atoms in total. The van der Waals surface area contributed by atoms with Crippen molar-refractivity contribution in [1.82, 2.24) is 9.78 Å². The first-order valence-electron chi connectivity index (χ1n) is 6.37. The van der Waals surface area contributed by atoms with Crippen molar-refractivity contribution in [1.29, 1.82) is 0 Å². The Morgan fingerprint density at radius 3 is 2.90 bits per heavy atom. The van der Waals surface area contributed by atoms with Crippen LogP contribution in [0.3, 0.4) is 0 Å². The first kappa shape index (κ1) is 13.1. The number of benzene rings is 1. The van der Waals surface area contributed by atoms with Crippen LogP contribution in [0.15, 0.2) is 58.0 Å². The smallest absolute Gasteiger partial charge is 0.347 e. The summed E-state index contributed by atoms with van der Waals surface area (Å²) in [5, 5.41) is 4.72. The van der Waals surface area contributed by atoms with Gasteiger partial charge in [0.05, 0.1) is 6.20 Å². The molecule has 0 saturated carbocycles. The van der Waals surface area contributed by atoms with Crippen LogP contribution in [0.5, 0.6) is 0 Å². The largest absolute Gasteiger partial charge is 0.422 e. The van der Waals surface area contributed by atoms with Crippen LogP contribution in [0, 0.1) is 0 Å². The minimum Gasteiger partial charge on any atom is -0.422 e. The molecule has 0 saturated heterocycles. The number of allylic oxidation sites excluding steroid dienone is 1. The summed E-state index contributed by atoms with van der Waals surface area (Å²) in [6, 6.07) is 8.63. The molecule has 104 valence electrons. The summed E-state index contributed by atoms with van der Waals surface area (Å²) in [7, 11) is 1.79. The Morgan fingerprint density at radius 1 is 1.33 bits per heavy atom. The van der Waals surface area contributed by atoms with E-state index in [1.807, 2.05) is 6.07 Å². The van der Waals surface area contributed by atoms with Crippen LogP contribution in [0.4, 0.5) is 0 Å². The van der Waals surface area contributed by atoms with Crippen LogP contribution in [0.2, 0.25) is 0 Å². The molecule has 0 aliphatic heterocycles. The Balaban J connectivity index is 1.96. The first-order chi connectivity index (χ1) is 10.1. The molecule has 0 spiro atoms. The van der Waals surface area contributed by atoms with Gasteiger partial charge in [-0.2, -0.15) is 5.10 Å². The van der Waals surface area contributed by atoms with Gasteiger partial charge in [0.25, 0.3) is 0 Å². The number of ketones is 1. The van der Waals surface area contributed by atoms with Crippen LogP contribution in [-0.4, -0.2) is 15.6 Å². The number of aromatic nitrogens is 2. The fourth-order valence-electron chi connectivity index (χ4n) is 2.02. The van der Waals surface area contributed by atoms with E-state index in [0.29, 0.717) is 5.58 Å². The van der Waals surface area contributed by atoms with Crippen molar-refractivity contribution in [2.24, 2.45) is 7.05 Å². The van der Waals surface area contributed by atoms with Crippen LogP contribution in [0.1, 0.15) is 15.9 Å². The number of aryl methyl sites for hydroxylation is 1. The van der Waals surface area contributed by atoms with Gasteiger partial charge in [-0.05, 0) is 24.3 Å². The highest BCUT2D eigenvalue weighted by Crippen LogP contribution is 2.13. The van der Waals surface area contributed by atoms with Crippen LogP contribution >= 0.6 is 0 Å². The van der Waals surface area contributed by atoms with Crippen molar-refractivity contribution in [3.63, 3.8) is 0 Å². The van der Waals surface area contributed by atoms with Gasteiger partial charge in [0.2, 0.25) is 0 Å². The minimum absolute atomic E-state index is 0.0221. The molecule has 0 aliphatic carbocycles. The highest BCUT2D eigenvalue weighted by molar-refractivity contribution is 6.07. The Morgan fingerprint density at radius 2 is 2.14 bits per heavy atom. The average Bonchev–Trinajstić information content (AvgIpc) is 2.89. The van der Waals surface area contributed by atoms with Crippen molar-refractivity contribution in [3.05, 3.63) is 70.3 Å². The zero-order chi connectivity index (χ0) is 14.8. The predicted molar refractivity (Wildman–Crippen MR) is 79.1 cm³/mol. The van der Waals surface area contributed by atoms with Gasteiger partial charge >= 0.3 is 5.63 Å². The molecular weight excluding hydrogens is 268 g/mol. The van der Waals surface area contributed by atoms with E-state index < -0.39 is 11.4 Å². The molecule has 0 atom stereocenters.